The molecule has 98 valence electrons. The van der Waals surface area contributed by atoms with Crippen LogP contribution in [0.1, 0.15) is 18.0 Å². The lowest BCUT2D eigenvalue weighted by Crippen LogP contribution is -2.14. The molecule has 0 bridgehead atoms. The number of para-hydroxylation sites is 1. The number of hydrogen-bond acceptors (Lipinski definition) is 3. The van der Waals surface area contributed by atoms with Gasteiger partial charge < -0.3 is 15.2 Å². The van der Waals surface area contributed by atoms with E-state index in [0.29, 0.717) is 6.54 Å². The molecule has 0 radical (unpaired) electrons. The predicted molar refractivity (Wildman–Crippen MR) is 74.3 cm³/mol. The summed E-state index contributed by atoms with van der Waals surface area (Å²) in [4.78, 5) is 0. The topological polar surface area (TPSA) is 41.5 Å². The third kappa shape index (κ3) is 2.95. The Morgan fingerprint density at radius 1 is 1.00 bits per heavy atom. The summed E-state index contributed by atoms with van der Waals surface area (Å²) in [5, 5.41) is 12.9. The van der Waals surface area contributed by atoms with Crippen LogP contribution >= 0.6 is 0 Å². The van der Waals surface area contributed by atoms with Gasteiger partial charge >= 0.3 is 0 Å². The van der Waals surface area contributed by atoms with Crippen molar-refractivity contribution in [3.05, 3.63) is 60.2 Å². The fourth-order valence-electron chi connectivity index (χ4n) is 2.39. The normalized spacial score (nSPS) is 22.4. The summed E-state index contributed by atoms with van der Waals surface area (Å²) in [5.41, 5.74) is 1.16. The van der Waals surface area contributed by atoms with Crippen molar-refractivity contribution < 1.29 is 9.84 Å². The largest absolute Gasteiger partial charge is 0.457 e. The molecule has 1 saturated heterocycles. The van der Waals surface area contributed by atoms with Crippen LogP contribution in [0.15, 0.2) is 54.6 Å². The van der Waals surface area contributed by atoms with Crippen molar-refractivity contribution in [3.63, 3.8) is 0 Å². The summed E-state index contributed by atoms with van der Waals surface area (Å²) in [5.74, 6) is 1.66. The molecular weight excluding hydrogens is 238 g/mol. The van der Waals surface area contributed by atoms with E-state index in [0.717, 1.165) is 23.5 Å². The van der Waals surface area contributed by atoms with Gasteiger partial charge in [0, 0.05) is 12.6 Å². The molecule has 3 rings (SSSR count). The van der Waals surface area contributed by atoms with Crippen molar-refractivity contribution >= 4 is 0 Å². The first-order valence-electron chi connectivity index (χ1n) is 6.55. The summed E-state index contributed by atoms with van der Waals surface area (Å²) in [6.45, 7) is 0.661. The van der Waals surface area contributed by atoms with Crippen molar-refractivity contribution in [2.45, 2.75) is 18.6 Å². The van der Waals surface area contributed by atoms with Crippen molar-refractivity contribution in [2.75, 3.05) is 6.54 Å². The van der Waals surface area contributed by atoms with Gasteiger partial charge in [0.1, 0.15) is 11.5 Å². The highest BCUT2D eigenvalue weighted by molar-refractivity contribution is 5.35. The molecule has 2 atom stereocenters. The lowest BCUT2D eigenvalue weighted by molar-refractivity contribution is 0.193. The predicted octanol–water partition coefficient (Wildman–Crippen LogP) is 2.87. The van der Waals surface area contributed by atoms with E-state index in [1.165, 1.54) is 0 Å². The molecule has 1 aliphatic heterocycles. The molecule has 3 heteroatoms. The van der Waals surface area contributed by atoms with E-state index in [2.05, 4.69) is 11.4 Å². The number of rotatable bonds is 3. The molecule has 19 heavy (non-hydrogen) atoms. The van der Waals surface area contributed by atoms with Gasteiger partial charge in [0.05, 0.1) is 6.10 Å². The number of hydrogen-bond donors (Lipinski definition) is 2. The molecule has 3 nitrogen and oxygen atoms in total. The van der Waals surface area contributed by atoms with Crippen molar-refractivity contribution in [3.8, 4) is 11.5 Å². The van der Waals surface area contributed by atoms with Crippen LogP contribution in [-0.4, -0.2) is 17.8 Å². The summed E-state index contributed by atoms with van der Waals surface area (Å²) >= 11 is 0. The lowest BCUT2D eigenvalue weighted by Gasteiger charge is -2.12. The minimum atomic E-state index is -0.247. The third-order valence-electron chi connectivity index (χ3n) is 3.35. The number of benzene rings is 2. The highest BCUT2D eigenvalue weighted by Gasteiger charge is 2.23. The number of aliphatic hydroxyl groups is 1. The van der Waals surface area contributed by atoms with Gasteiger partial charge in [0.25, 0.3) is 0 Å². The Labute approximate surface area is 112 Å². The van der Waals surface area contributed by atoms with E-state index in [1.807, 2.05) is 48.5 Å². The first-order chi connectivity index (χ1) is 9.31. The number of nitrogens with one attached hydrogen (secondary N) is 1. The Bertz CT molecular complexity index is 541. The molecule has 1 aliphatic rings. The molecule has 2 unspecified atom stereocenters. The van der Waals surface area contributed by atoms with Crippen LogP contribution in [0.3, 0.4) is 0 Å². The number of β-amino-alcohol motifs (C(OH)–C–C–N with tert-alkyl or cyclic N) is 1. The van der Waals surface area contributed by atoms with Gasteiger partial charge in [0.15, 0.2) is 0 Å². The number of ether oxygens (including phenoxy) is 1. The monoisotopic (exact) mass is 255 g/mol. The van der Waals surface area contributed by atoms with E-state index in [1.54, 1.807) is 0 Å². The van der Waals surface area contributed by atoms with Crippen molar-refractivity contribution in [1.29, 1.82) is 0 Å². The van der Waals surface area contributed by atoms with Crippen LogP contribution in [-0.2, 0) is 0 Å². The van der Waals surface area contributed by atoms with Gasteiger partial charge in [-0.25, -0.2) is 0 Å². The molecule has 0 saturated carbocycles. The van der Waals surface area contributed by atoms with Crippen LogP contribution in [0.2, 0.25) is 0 Å². The first kappa shape index (κ1) is 12.2. The third-order valence-corrected chi connectivity index (χ3v) is 3.35. The molecule has 2 N–H and O–H groups in total. The van der Waals surface area contributed by atoms with Crippen LogP contribution in [0.4, 0.5) is 0 Å². The second-order valence-corrected chi connectivity index (χ2v) is 4.84. The number of aliphatic hydroxyl groups excluding tert-OH is 1. The maximum absolute atomic E-state index is 9.57. The van der Waals surface area contributed by atoms with Gasteiger partial charge in [-0.2, -0.15) is 0 Å². The zero-order valence-corrected chi connectivity index (χ0v) is 10.6. The molecule has 1 heterocycles. The zero-order valence-electron chi connectivity index (χ0n) is 10.6. The minimum Gasteiger partial charge on any atom is -0.457 e. The van der Waals surface area contributed by atoms with E-state index < -0.39 is 0 Å². The summed E-state index contributed by atoms with van der Waals surface area (Å²) in [6, 6.07) is 18.0. The lowest BCUT2D eigenvalue weighted by atomic mass is 10.0. The summed E-state index contributed by atoms with van der Waals surface area (Å²) in [7, 11) is 0. The van der Waals surface area contributed by atoms with E-state index in [4.69, 9.17) is 4.74 Å². The standard InChI is InChI=1S/C16H17NO2/c18-13-10-16(17-11-13)12-5-4-8-15(9-12)19-14-6-2-1-3-7-14/h1-9,13,16-18H,10-11H2. The van der Waals surface area contributed by atoms with Gasteiger partial charge in [-0.3, -0.25) is 0 Å². The Balaban J connectivity index is 1.76. The molecule has 1 fully saturated rings. The van der Waals surface area contributed by atoms with Gasteiger partial charge in [-0.1, -0.05) is 30.3 Å². The SMILES string of the molecule is OC1CNC(c2cccc(Oc3ccccc3)c2)C1. The van der Waals surface area contributed by atoms with E-state index in [-0.39, 0.29) is 12.1 Å². The van der Waals surface area contributed by atoms with Crippen molar-refractivity contribution in [1.82, 2.24) is 5.32 Å². The summed E-state index contributed by atoms with van der Waals surface area (Å²) in [6.07, 6.45) is 0.512. The highest BCUT2D eigenvalue weighted by Crippen LogP contribution is 2.28. The Morgan fingerprint density at radius 3 is 2.53 bits per heavy atom. The molecule has 2 aromatic carbocycles. The smallest absolute Gasteiger partial charge is 0.127 e. The fraction of sp³-hybridized carbons (Fsp3) is 0.250. The van der Waals surface area contributed by atoms with Crippen LogP contribution in [0, 0.1) is 0 Å². The Hall–Kier alpha value is -1.84. The van der Waals surface area contributed by atoms with Crippen LogP contribution in [0.25, 0.3) is 0 Å². The fourth-order valence-corrected chi connectivity index (χ4v) is 2.39. The van der Waals surface area contributed by atoms with E-state index in [9.17, 15) is 5.11 Å². The highest BCUT2D eigenvalue weighted by atomic mass is 16.5. The quantitative estimate of drug-likeness (QED) is 0.886. The van der Waals surface area contributed by atoms with Gasteiger partial charge in [0.2, 0.25) is 0 Å². The Morgan fingerprint density at radius 2 is 1.79 bits per heavy atom. The average molecular weight is 255 g/mol. The van der Waals surface area contributed by atoms with Crippen LogP contribution in [0.5, 0.6) is 11.5 Å². The second-order valence-electron chi connectivity index (χ2n) is 4.84. The molecule has 0 aliphatic carbocycles. The molecule has 0 amide bonds. The Kier molecular flexibility index (Phi) is 3.49. The first-order valence-corrected chi connectivity index (χ1v) is 6.55. The van der Waals surface area contributed by atoms with Gasteiger partial charge in [-0.05, 0) is 36.2 Å². The maximum atomic E-state index is 9.57. The summed E-state index contributed by atoms with van der Waals surface area (Å²) < 4.78 is 5.82. The molecule has 2 aromatic rings. The van der Waals surface area contributed by atoms with Crippen LogP contribution < -0.4 is 10.1 Å². The maximum Gasteiger partial charge on any atom is 0.127 e. The van der Waals surface area contributed by atoms with Crippen molar-refractivity contribution in [2.24, 2.45) is 0 Å². The van der Waals surface area contributed by atoms with E-state index >= 15 is 0 Å². The van der Waals surface area contributed by atoms with Gasteiger partial charge in [-0.15, -0.1) is 0 Å². The zero-order chi connectivity index (χ0) is 13.1. The second kappa shape index (κ2) is 5.43. The minimum absolute atomic E-state index is 0.217. The molecule has 0 aromatic heterocycles. The molecule has 0 spiro atoms. The molecular formula is C16H17NO2. The average Bonchev–Trinajstić information content (AvgIpc) is 2.87.